The zero-order valence-electron chi connectivity index (χ0n) is 21.2. The number of methoxy groups -OCH3 is 1. The number of anilines is 1. The maximum absolute atomic E-state index is 13.1. The predicted octanol–water partition coefficient (Wildman–Crippen LogP) is 4.06. The third kappa shape index (κ3) is 6.80. The Kier molecular flexibility index (Phi) is 8.58. The second kappa shape index (κ2) is 12.2. The first-order valence-corrected chi connectivity index (χ1v) is 12.5. The van der Waals surface area contributed by atoms with Gasteiger partial charge in [-0.1, -0.05) is 54.1 Å². The molecule has 0 saturated heterocycles. The van der Waals surface area contributed by atoms with Crippen LogP contribution in [-0.2, 0) is 22.5 Å². The number of nitrogens with one attached hydrogen (secondary N) is 2. The highest BCUT2D eigenvalue weighted by Gasteiger charge is 2.29. The van der Waals surface area contributed by atoms with Gasteiger partial charge >= 0.3 is 5.97 Å². The second-order valence-electron chi connectivity index (χ2n) is 8.94. The number of halogens is 1. The Hall–Kier alpha value is -4.69. The van der Waals surface area contributed by atoms with Gasteiger partial charge in [-0.05, 0) is 59.5 Å². The summed E-state index contributed by atoms with van der Waals surface area (Å²) in [6.07, 6.45) is 2.32. The van der Waals surface area contributed by atoms with Gasteiger partial charge in [0.1, 0.15) is 0 Å². The number of hydrogen-bond donors (Lipinski definition) is 3. The standard InChI is InChI=1S/C30H27ClN4O4/c1-39-30(38)28(27(33)24-17-23(31)12-13-25(24)32)34-29(37)22-6-4-5-21(16-22)15-19-8-10-20(11-9-19)18-35-14-3-2-7-26(35)36/h2-14,16-17,28,33H,15,18,32H2,1H3,(H,34,37). The van der Waals surface area contributed by atoms with Crippen molar-refractivity contribution >= 4 is 34.9 Å². The van der Waals surface area contributed by atoms with Crippen molar-refractivity contribution in [2.24, 2.45) is 0 Å². The van der Waals surface area contributed by atoms with Gasteiger partial charge in [0.05, 0.1) is 19.4 Å². The molecule has 0 fully saturated rings. The van der Waals surface area contributed by atoms with Crippen molar-refractivity contribution in [1.29, 1.82) is 5.41 Å². The van der Waals surface area contributed by atoms with E-state index < -0.39 is 17.9 Å². The first-order chi connectivity index (χ1) is 18.7. The number of benzene rings is 3. The summed E-state index contributed by atoms with van der Waals surface area (Å²) in [6.45, 7) is 0.479. The molecule has 3 aromatic carbocycles. The van der Waals surface area contributed by atoms with Crippen LogP contribution in [-0.4, -0.2) is 35.3 Å². The maximum atomic E-state index is 13.1. The fourth-order valence-corrected chi connectivity index (χ4v) is 4.28. The molecule has 0 bridgehead atoms. The van der Waals surface area contributed by atoms with E-state index in [-0.39, 0.29) is 22.5 Å². The van der Waals surface area contributed by atoms with Crippen LogP contribution in [0.1, 0.15) is 32.6 Å². The van der Waals surface area contributed by atoms with Gasteiger partial charge in [-0.15, -0.1) is 0 Å². The molecule has 1 amide bonds. The van der Waals surface area contributed by atoms with Gasteiger partial charge in [0.15, 0.2) is 6.04 Å². The number of esters is 1. The summed E-state index contributed by atoms with van der Waals surface area (Å²) in [6, 6.07) is 23.2. The Balaban J connectivity index is 1.47. The largest absolute Gasteiger partial charge is 0.467 e. The zero-order chi connectivity index (χ0) is 27.9. The van der Waals surface area contributed by atoms with Gasteiger partial charge < -0.3 is 25.8 Å². The molecule has 9 heteroatoms. The highest BCUT2D eigenvalue weighted by molar-refractivity contribution is 6.31. The average Bonchev–Trinajstić information content (AvgIpc) is 2.94. The van der Waals surface area contributed by atoms with Gasteiger partial charge in [-0.3, -0.25) is 9.59 Å². The van der Waals surface area contributed by atoms with E-state index in [0.717, 1.165) is 16.7 Å². The minimum Gasteiger partial charge on any atom is -0.467 e. The number of nitrogen functional groups attached to an aromatic ring is 1. The van der Waals surface area contributed by atoms with Crippen LogP contribution in [0, 0.1) is 5.41 Å². The van der Waals surface area contributed by atoms with Crippen LogP contribution in [0.5, 0.6) is 0 Å². The monoisotopic (exact) mass is 542 g/mol. The summed E-state index contributed by atoms with van der Waals surface area (Å²) >= 11 is 6.05. The topological polar surface area (TPSA) is 127 Å². The lowest BCUT2D eigenvalue weighted by Crippen LogP contribution is -2.47. The van der Waals surface area contributed by atoms with E-state index in [0.29, 0.717) is 23.6 Å². The van der Waals surface area contributed by atoms with Gasteiger partial charge in [-0.25, -0.2) is 4.79 Å². The molecule has 1 unspecified atom stereocenters. The quantitative estimate of drug-likeness (QED) is 0.167. The highest BCUT2D eigenvalue weighted by atomic mass is 35.5. The van der Waals surface area contributed by atoms with Crippen molar-refractivity contribution in [3.05, 3.63) is 134 Å². The van der Waals surface area contributed by atoms with Crippen molar-refractivity contribution in [2.75, 3.05) is 12.8 Å². The fraction of sp³-hybridized carbons (Fsp3) is 0.133. The van der Waals surface area contributed by atoms with E-state index in [4.69, 9.17) is 27.5 Å². The van der Waals surface area contributed by atoms with Crippen molar-refractivity contribution < 1.29 is 14.3 Å². The minimum absolute atomic E-state index is 0.0581. The van der Waals surface area contributed by atoms with Gasteiger partial charge in [0.25, 0.3) is 11.5 Å². The molecule has 0 aliphatic carbocycles. The molecule has 4 aromatic rings. The number of aromatic nitrogens is 1. The van der Waals surface area contributed by atoms with Crippen LogP contribution < -0.4 is 16.6 Å². The lowest BCUT2D eigenvalue weighted by Gasteiger charge is -2.19. The molecule has 0 aliphatic rings. The van der Waals surface area contributed by atoms with Crippen LogP contribution in [0.3, 0.4) is 0 Å². The predicted molar refractivity (Wildman–Crippen MR) is 151 cm³/mol. The van der Waals surface area contributed by atoms with Crippen LogP contribution in [0.2, 0.25) is 5.02 Å². The molecule has 1 atom stereocenters. The van der Waals surface area contributed by atoms with E-state index >= 15 is 0 Å². The summed E-state index contributed by atoms with van der Waals surface area (Å²) in [7, 11) is 1.18. The van der Waals surface area contributed by atoms with Gasteiger partial charge in [0, 0.05) is 34.1 Å². The summed E-state index contributed by atoms with van der Waals surface area (Å²) in [5, 5.41) is 11.5. The molecule has 0 saturated carbocycles. The number of nitrogens with two attached hydrogens (primary N) is 1. The number of pyridine rings is 1. The lowest BCUT2D eigenvalue weighted by atomic mass is 9.99. The van der Waals surface area contributed by atoms with Crippen molar-refractivity contribution in [2.45, 2.75) is 19.0 Å². The van der Waals surface area contributed by atoms with E-state index in [1.54, 1.807) is 41.1 Å². The molecule has 4 N–H and O–H groups in total. The zero-order valence-corrected chi connectivity index (χ0v) is 21.9. The highest BCUT2D eigenvalue weighted by Crippen LogP contribution is 2.20. The second-order valence-corrected chi connectivity index (χ2v) is 9.37. The maximum Gasteiger partial charge on any atom is 0.334 e. The summed E-state index contributed by atoms with van der Waals surface area (Å²) in [4.78, 5) is 37.6. The lowest BCUT2D eigenvalue weighted by molar-refractivity contribution is -0.141. The van der Waals surface area contributed by atoms with Gasteiger partial charge in [0.2, 0.25) is 0 Å². The molecular formula is C30H27ClN4O4. The molecular weight excluding hydrogens is 516 g/mol. The number of carbonyl (C=O) groups excluding carboxylic acids is 2. The summed E-state index contributed by atoms with van der Waals surface area (Å²) < 4.78 is 6.47. The third-order valence-corrected chi connectivity index (χ3v) is 6.41. The molecule has 4 rings (SSSR count). The molecule has 0 spiro atoms. The molecule has 1 heterocycles. The van der Waals surface area contributed by atoms with E-state index in [9.17, 15) is 14.4 Å². The Bertz CT molecular complexity index is 1580. The number of nitrogens with zero attached hydrogens (tertiary/aromatic N) is 1. The van der Waals surface area contributed by atoms with E-state index in [1.807, 2.05) is 36.4 Å². The molecule has 1 aromatic heterocycles. The molecule has 39 heavy (non-hydrogen) atoms. The normalized spacial score (nSPS) is 11.4. The number of rotatable bonds is 9. The molecule has 8 nitrogen and oxygen atoms in total. The number of carbonyl (C=O) groups is 2. The van der Waals surface area contributed by atoms with E-state index in [1.165, 1.54) is 25.3 Å². The van der Waals surface area contributed by atoms with Gasteiger partial charge in [-0.2, -0.15) is 0 Å². The smallest absolute Gasteiger partial charge is 0.334 e. The van der Waals surface area contributed by atoms with Crippen LogP contribution in [0.15, 0.2) is 95.9 Å². The van der Waals surface area contributed by atoms with Crippen molar-refractivity contribution in [1.82, 2.24) is 9.88 Å². The summed E-state index contributed by atoms with van der Waals surface area (Å²) in [5.41, 5.74) is 9.41. The van der Waals surface area contributed by atoms with Crippen LogP contribution >= 0.6 is 11.6 Å². The SMILES string of the molecule is COC(=O)C(NC(=O)c1cccc(Cc2ccc(Cn3ccccc3=O)cc2)c1)C(=N)c1cc(Cl)ccc1N. The van der Waals surface area contributed by atoms with E-state index in [2.05, 4.69) is 5.32 Å². The number of ether oxygens (including phenoxy) is 1. The average molecular weight is 543 g/mol. The Morgan fingerprint density at radius 3 is 2.44 bits per heavy atom. The van der Waals surface area contributed by atoms with Crippen molar-refractivity contribution in [3.8, 4) is 0 Å². The number of hydrogen-bond acceptors (Lipinski definition) is 6. The third-order valence-electron chi connectivity index (χ3n) is 6.18. The number of amides is 1. The Morgan fingerprint density at radius 1 is 0.974 bits per heavy atom. The molecule has 0 aliphatic heterocycles. The van der Waals surface area contributed by atoms with Crippen LogP contribution in [0.25, 0.3) is 0 Å². The summed E-state index contributed by atoms with van der Waals surface area (Å²) in [5.74, 6) is -1.34. The molecule has 0 radical (unpaired) electrons. The first kappa shape index (κ1) is 27.3. The minimum atomic E-state index is -1.38. The molecule has 198 valence electrons. The first-order valence-electron chi connectivity index (χ1n) is 12.1. The van der Waals surface area contributed by atoms with Crippen molar-refractivity contribution in [3.63, 3.8) is 0 Å². The van der Waals surface area contributed by atoms with Crippen LogP contribution in [0.4, 0.5) is 5.69 Å². The fourth-order valence-electron chi connectivity index (χ4n) is 4.11. The Morgan fingerprint density at radius 2 is 1.72 bits per heavy atom. The Labute approximate surface area is 230 Å².